The van der Waals surface area contributed by atoms with Gasteiger partial charge in [-0.15, -0.1) is 0 Å². The highest BCUT2D eigenvalue weighted by Crippen LogP contribution is 2.44. The minimum absolute atomic E-state index is 0.0186. The van der Waals surface area contributed by atoms with Gasteiger partial charge in [-0.25, -0.2) is 0 Å². The van der Waals surface area contributed by atoms with Gasteiger partial charge in [0.1, 0.15) is 0 Å². The lowest BCUT2D eigenvalue weighted by Crippen LogP contribution is -2.22. The van der Waals surface area contributed by atoms with Crippen molar-refractivity contribution in [2.24, 2.45) is 11.3 Å². The molecule has 0 amide bonds. The maximum atomic E-state index is 11.2. The molecule has 1 aromatic rings. The Balaban J connectivity index is 0.000000237. The summed E-state index contributed by atoms with van der Waals surface area (Å²) in [5, 5.41) is 29.2. The van der Waals surface area contributed by atoms with E-state index in [1.165, 1.54) is 6.08 Å². The van der Waals surface area contributed by atoms with Crippen molar-refractivity contribution in [2.75, 3.05) is 6.61 Å². The van der Waals surface area contributed by atoms with E-state index in [1.807, 2.05) is 44.2 Å². The van der Waals surface area contributed by atoms with Crippen LogP contribution in [0.15, 0.2) is 60.2 Å². The molecule has 150 valence electrons. The lowest BCUT2D eigenvalue weighted by atomic mass is 9.73. The van der Waals surface area contributed by atoms with Gasteiger partial charge in [-0.2, -0.15) is 0 Å². The molecule has 7 nitrogen and oxygen atoms in total. The van der Waals surface area contributed by atoms with Crippen LogP contribution in [-0.4, -0.2) is 27.7 Å². The monoisotopic (exact) mass is 387 g/mol. The highest BCUT2D eigenvalue weighted by Gasteiger charge is 2.37. The van der Waals surface area contributed by atoms with E-state index in [2.05, 4.69) is 0 Å². The van der Waals surface area contributed by atoms with Crippen molar-refractivity contribution in [1.29, 1.82) is 0 Å². The molecule has 0 aromatic heterocycles. The molecule has 0 bridgehead atoms. The van der Waals surface area contributed by atoms with Crippen molar-refractivity contribution in [3.05, 3.63) is 75.9 Å². The average molecular weight is 387 g/mol. The Bertz CT molecular complexity index is 807. The van der Waals surface area contributed by atoms with Gasteiger partial charge < -0.3 is 14.9 Å². The zero-order valence-corrected chi connectivity index (χ0v) is 16.0. The van der Waals surface area contributed by atoms with Gasteiger partial charge >= 0.3 is 5.97 Å². The van der Waals surface area contributed by atoms with Gasteiger partial charge in [0.15, 0.2) is 0 Å². The van der Waals surface area contributed by atoms with E-state index in [1.54, 1.807) is 12.3 Å². The second kappa shape index (κ2) is 9.21. The lowest BCUT2D eigenvalue weighted by Gasteiger charge is -2.30. The topological polar surface area (TPSA) is 110 Å². The second-order valence-corrected chi connectivity index (χ2v) is 7.43. The van der Waals surface area contributed by atoms with Crippen LogP contribution in [0.4, 0.5) is 0 Å². The molecule has 28 heavy (non-hydrogen) atoms. The molecule has 3 rings (SSSR count). The smallest absolute Gasteiger partial charge is 0.303 e. The van der Waals surface area contributed by atoms with Crippen LogP contribution in [0.1, 0.15) is 38.7 Å². The summed E-state index contributed by atoms with van der Waals surface area (Å²) in [5.74, 6) is -0.505. The van der Waals surface area contributed by atoms with Gasteiger partial charge in [0, 0.05) is 17.4 Å². The Hall–Kier alpha value is -3.09. The van der Waals surface area contributed by atoms with Crippen LogP contribution < -0.4 is 0 Å². The van der Waals surface area contributed by atoms with E-state index in [-0.39, 0.29) is 23.8 Å². The summed E-state index contributed by atoms with van der Waals surface area (Å²) in [4.78, 5) is 20.9. The number of aliphatic hydroxyl groups is 1. The molecule has 1 aliphatic carbocycles. The van der Waals surface area contributed by atoms with Crippen LogP contribution >= 0.6 is 0 Å². The van der Waals surface area contributed by atoms with Crippen LogP contribution in [0.25, 0.3) is 5.57 Å². The third-order valence-electron chi connectivity index (χ3n) is 4.61. The predicted octanol–water partition coefficient (Wildman–Crippen LogP) is 4.56. The Morgan fingerprint density at radius 1 is 1.32 bits per heavy atom. The van der Waals surface area contributed by atoms with Gasteiger partial charge in [-0.1, -0.05) is 44.2 Å². The summed E-state index contributed by atoms with van der Waals surface area (Å²) in [5.41, 5.74) is 1.03. The number of aliphatic hydroxyl groups excluding tert-OH is 1. The Morgan fingerprint density at radius 3 is 2.54 bits per heavy atom. The van der Waals surface area contributed by atoms with Crippen molar-refractivity contribution in [1.82, 2.24) is 0 Å². The van der Waals surface area contributed by atoms with E-state index in [4.69, 9.17) is 9.84 Å². The molecule has 2 aliphatic rings. The Morgan fingerprint density at radius 2 is 2.00 bits per heavy atom. The zero-order chi connectivity index (χ0) is 20.7. The molecule has 0 saturated heterocycles. The normalized spacial score (nSPS) is 20.4. The predicted molar refractivity (Wildman–Crippen MR) is 105 cm³/mol. The molecule has 1 unspecified atom stereocenters. The average Bonchev–Trinajstić information content (AvgIpc) is 2.61. The lowest BCUT2D eigenvalue weighted by molar-refractivity contribution is -0.419. The number of carboxylic acid groups (broad SMARTS) is 1. The first kappa shape index (κ1) is 21.2. The van der Waals surface area contributed by atoms with Gasteiger partial charge in [0.25, 0.3) is 5.70 Å². The van der Waals surface area contributed by atoms with Crippen LogP contribution in [0.2, 0.25) is 0 Å². The number of hydrogen-bond acceptors (Lipinski definition) is 5. The number of benzene rings is 1. The molecule has 0 radical (unpaired) electrons. The molecule has 1 aliphatic heterocycles. The quantitative estimate of drug-likeness (QED) is 0.579. The van der Waals surface area contributed by atoms with Crippen LogP contribution in [0.3, 0.4) is 0 Å². The van der Waals surface area contributed by atoms with Gasteiger partial charge in [0.2, 0.25) is 0 Å². The summed E-state index contributed by atoms with van der Waals surface area (Å²) in [6.07, 6.45) is 6.10. The third-order valence-corrected chi connectivity index (χ3v) is 4.61. The Labute approximate surface area is 163 Å². The Kier molecular flexibility index (Phi) is 6.98. The molecule has 0 spiro atoms. The highest BCUT2D eigenvalue weighted by atomic mass is 16.6. The number of rotatable bonds is 4. The van der Waals surface area contributed by atoms with Crippen molar-refractivity contribution in [2.45, 2.75) is 33.1 Å². The van der Waals surface area contributed by atoms with E-state index in [0.29, 0.717) is 18.6 Å². The second-order valence-electron chi connectivity index (χ2n) is 7.43. The number of carboxylic acids is 1. The summed E-state index contributed by atoms with van der Waals surface area (Å²) in [6, 6.07) is 9.30. The third kappa shape index (κ3) is 5.70. The molecule has 0 fully saturated rings. The number of ether oxygens (including phenoxy) is 1. The first-order valence-corrected chi connectivity index (χ1v) is 9.05. The van der Waals surface area contributed by atoms with Gasteiger partial charge in [-0.3, -0.25) is 14.9 Å². The van der Waals surface area contributed by atoms with Crippen molar-refractivity contribution in [3.8, 4) is 0 Å². The highest BCUT2D eigenvalue weighted by molar-refractivity contribution is 5.74. The number of nitro groups is 1. The molecule has 1 heterocycles. The summed E-state index contributed by atoms with van der Waals surface area (Å²) in [6.45, 7) is 4.46. The molecule has 0 saturated carbocycles. The largest absolute Gasteiger partial charge is 0.512 e. The minimum Gasteiger partial charge on any atom is -0.512 e. The molecule has 1 aromatic carbocycles. The first-order chi connectivity index (χ1) is 13.2. The molecule has 2 N–H and O–H groups in total. The molecular formula is C21H25NO6. The number of hydrogen-bond donors (Lipinski definition) is 2. The van der Waals surface area contributed by atoms with E-state index >= 15 is 0 Å². The van der Waals surface area contributed by atoms with Crippen molar-refractivity contribution in [3.63, 3.8) is 0 Å². The number of aliphatic carboxylic acids is 1. The number of allylic oxidation sites excluding steroid dienone is 4. The van der Waals surface area contributed by atoms with Crippen molar-refractivity contribution < 1.29 is 24.7 Å². The number of carbonyl (C=O) groups is 1. The van der Waals surface area contributed by atoms with E-state index in [9.17, 15) is 20.0 Å². The first-order valence-electron chi connectivity index (χ1n) is 9.05. The summed E-state index contributed by atoms with van der Waals surface area (Å²) < 4.78 is 4.91. The van der Waals surface area contributed by atoms with Gasteiger partial charge in [0.05, 0.1) is 36.0 Å². The fourth-order valence-corrected chi connectivity index (χ4v) is 3.40. The van der Waals surface area contributed by atoms with Gasteiger partial charge in [-0.05, 0) is 24.0 Å². The van der Waals surface area contributed by atoms with Crippen LogP contribution in [-0.2, 0) is 9.53 Å². The van der Waals surface area contributed by atoms with E-state index < -0.39 is 16.3 Å². The fraction of sp³-hybridized carbons (Fsp3) is 0.381. The zero-order valence-electron chi connectivity index (χ0n) is 16.0. The molecule has 7 heteroatoms. The summed E-state index contributed by atoms with van der Waals surface area (Å²) in [7, 11) is 0. The minimum atomic E-state index is -0.739. The maximum Gasteiger partial charge on any atom is 0.303 e. The SMILES string of the molecule is CC1(C)CC(O)=CC([N+](=O)[O-])=C1c1ccccc1.O=C(O)CC1C=COCC1. The van der Waals surface area contributed by atoms with Crippen LogP contribution in [0.5, 0.6) is 0 Å². The van der Waals surface area contributed by atoms with Crippen molar-refractivity contribution >= 4 is 11.5 Å². The maximum absolute atomic E-state index is 11.2. The molecule has 1 atom stereocenters. The number of nitrogens with zero attached hydrogens (tertiary/aromatic N) is 1. The molecular weight excluding hydrogens is 362 g/mol. The standard InChI is InChI=1S/C14H15NO3.C7H10O3/c1-14(2)9-11(16)8-12(15(17)18)13(14)10-6-4-3-5-7-10;8-7(9)5-6-1-3-10-4-2-6/h3-8,16H,9H2,1-2H3;1,3,6H,2,4-5H2,(H,8,9). The summed E-state index contributed by atoms with van der Waals surface area (Å²) >= 11 is 0. The van der Waals surface area contributed by atoms with Crippen LogP contribution in [0, 0.1) is 21.4 Å². The van der Waals surface area contributed by atoms with E-state index in [0.717, 1.165) is 12.0 Å². The fourth-order valence-electron chi connectivity index (χ4n) is 3.40.